The largest absolute Gasteiger partial charge is 0.408 e. The van der Waals surface area contributed by atoms with E-state index in [1.807, 2.05) is 13.8 Å². The van der Waals surface area contributed by atoms with Crippen molar-refractivity contribution in [2.24, 2.45) is 0 Å². The molecule has 0 fully saturated rings. The lowest BCUT2D eigenvalue weighted by molar-refractivity contribution is -0.142. The Balaban J connectivity index is 0.000000717. The van der Waals surface area contributed by atoms with Gasteiger partial charge in [-0.3, -0.25) is 9.48 Å². The first-order valence-electron chi connectivity index (χ1n) is 8.32. The average Bonchev–Trinajstić information content (AvgIpc) is 3.10. The molecular formula is C19H21ClF3N3O2. The van der Waals surface area contributed by atoms with Gasteiger partial charge in [0.05, 0.1) is 22.4 Å². The molecule has 0 aliphatic rings. The van der Waals surface area contributed by atoms with Crippen LogP contribution in [0.5, 0.6) is 0 Å². The lowest BCUT2D eigenvalue weighted by Crippen LogP contribution is -2.17. The molecule has 0 atom stereocenters. The van der Waals surface area contributed by atoms with Gasteiger partial charge < -0.3 is 4.74 Å². The third-order valence-corrected chi connectivity index (χ3v) is 3.50. The van der Waals surface area contributed by atoms with Gasteiger partial charge in [0.2, 0.25) is 0 Å². The van der Waals surface area contributed by atoms with Crippen molar-refractivity contribution >= 4 is 28.8 Å². The number of aromatic nitrogens is 3. The molecule has 0 bridgehead atoms. The number of ether oxygens (including phenoxy) is 1. The standard InChI is InChI=1S/C15H9ClF3N3O.C2H6O.C2H6/c16-12-4-13(10-5-20-22(6-10)8-15(17,18)19)21-14-3-9(7-23)1-2-11(12)14;1-3-2;1-2/h1-7H,8H2;1-2H3;1-2H3. The molecule has 0 aliphatic heterocycles. The zero-order valence-corrected chi connectivity index (χ0v) is 16.7. The normalized spacial score (nSPS) is 10.6. The molecule has 0 saturated carbocycles. The van der Waals surface area contributed by atoms with E-state index in [4.69, 9.17) is 11.6 Å². The summed E-state index contributed by atoms with van der Waals surface area (Å²) >= 11 is 6.19. The van der Waals surface area contributed by atoms with Crippen molar-refractivity contribution in [2.45, 2.75) is 26.6 Å². The molecule has 28 heavy (non-hydrogen) atoms. The minimum absolute atomic E-state index is 0.388. The summed E-state index contributed by atoms with van der Waals surface area (Å²) in [5.41, 5.74) is 1.72. The van der Waals surface area contributed by atoms with Crippen LogP contribution in [0.3, 0.4) is 0 Å². The molecule has 2 heterocycles. The molecule has 0 aliphatic carbocycles. The fourth-order valence-corrected chi connectivity index (χ4v) is 2.45. The highest BCUT2D eigenvalue weighted by Gasteiger charge is 2.28. The summed E-state index contributed by atoms with van der Waals surface area (Å²) in [5.74, 6) is 0. The first kappa shape index (κ1) is 23.6. The van der Waals surface area contributed by atoms with Crippen molar-refractivity contribution in [2.75, 3.05) is 14.2 Å². The number of carbonyl (C=O) groups excluding carboxylic acids is 1. The number of hydrogen-bond donors (Lipinski definition) is 0. The molecule has 0 radical (unpaired) electrons. The topological polar surface area (TPSA) is 57.0 Å². The number of halogens is 4. The van der Waals surface area contributed by atoms with Crippen LogP contribution < -0.4 is 0 Å². The quantitative estimate of drug-likeness (QED) is 0.536. The van der Waals surface area contributed by atoms with Crippen molar-refractivity contribution in [1.82, 2.24) is 14.8 Å². The molecule has 152 valence electrons. The van der Waals surface area contributed by atoms with Gasteiger partial charge in [-0.1, -0.05) is 37.6 Å². The van der Waals surface area contributed by atoms with Crippen LogP contribution in [-0.2, 0) is 11.3 Å². The summed E-state index contributed by atoms with van der Waals surface area (Å²) in [4.78, 5) is 15.2. The highest BCUT2D eigenvalue weighted by atomic mass is 35.5. The van der Waals surface area contributed by atoms with E-state index in [0.29, 0.717) is 39.0 Å². The number of rotatable bonds is 3. The number of methoxy groups -OCH3 is 1. The van der Waals surface area contributed by atoms with E-state index in [0.717, 1.165) is 4.68 Å². The second-order valence-corrected chi connectivity index (χ2v) is 5.74. The first-order valence-corrected chi connectivity index (χ1v) is 8.70. The van der Waals surface area contributed by atoms with E-state index in [1.165, 1.54) is 12.4 Å². The Kier molecular flexibility index (Phi) is 9.08. The van der Waals surface area contributed by atoms with Crippen molar-refractivity contribution in [3.05, 3.63) is 47.2 Å². The van der Waals surface area contributed by atoms with Gasteiger partial charge in [-0.05, 0) is 12.1 Å². The maximum absolute atomic E-state index is 12.4. The summed E-state index contributed by atoms with van der Waals surface area (Å²) in [6.07, 6.45) is -1.12. The molecule has 0 N–H and O–H groups in total. The van der Waals surface area contributed by atoms with Crippen LogP contribution in [0.1, 0.15) is 24.2 Å². The van der Waals surface area contributed by atoms with E-state index < -0.39 is 12.7 Å². The minimum Gasteiger partial charge on any atom is -0.388 e. The van der Waals surface area contributed by atoms with Crippen LogP contribution in [0.2, 0.25) is 5.02 Å². The minimum atomic E-state index is -4.35. The molecular weight excluding hydrogens is 395 g/mol. The Morgan fingerprint density at radius 1 is 1.21 bits per heavy atom. The van der Waals surface area contributed by atoms with E-state index >= 15 is 0 Å². The lowest BCUT2D eigenvalue weighted by Gasteiger charge is -2.06. The van der Waals surface area contributed by atoms with Gasteiger partial charge in [0.15, 0.2) is 0 Å². The van der Waals surface area contributed by atoms with Gasteiger partial charge in [0, 0.05) is 36.9 Å². The summed E-state index contributed by atoms with van der Waals surface area (Å²) in [7, 11) is 3.25. The molecule has 0 saturated heterocycles. The number of carbonyl (C=O) groups is 1. The van der Waals surface area contributed by atoms with Gasteiger partial charge in [-0.2, -0.15) is 18.3 Å². The average molecular weight is 416 g/mol. The number of pyridine rings is 1. The Hall–Kier alpha value is -2.45. The predicted molar refractivity (Wildman–Crippen MR) is 104 cm³/mol. The molecule has 0 unspecified atom stereocenters. The maximum atomic E-state index is 12.4. The SMILES string of the molecule is CC.COC.O=Cc1ccc2c(Cl)cc(-c3cnn(CC(F)(F)F)c3)nc2c1. The second kappa shape index (κ2) is 10.8. The van der Waals surface area contributed by atoms with Crippen LogP contribution in [0.4, 0.5) is 13.2 Å². The fraction of sp³-hybridized carbons (Fsp3) is 0.316. The van der Waals surface area contributed by atoms with E-state index in [9.17, 15) is 18.0 Å². The van der Waals surface area contributed by atoms with E-state index in [2.05, 4.69) is 14.8 Å². The van der Waals surface area contributed by atoms with E-state index in [-0.39, 0.29) is 0 Å². The zero-order chi connectivity index (χ0) is 21.3. The number of alkyl halides is 3. The highest BCUT2D eigenvalue weighted by Crippen LogP contribution is 2.28. The van der Waals surface area contributed by atoms with Crippen molar-refractivity contribution in [1.29, 1.82) is 0 Å². The maximum Gasteiger partial charge on any atom is 0.408 e. The predicted octanol–water partition coefficient (Wildman–Crippen LogP) is 5.42. The molecule has 1 aromatic carbocycles. The summed E-state index contributed by atoms with van der Waals surface area (Å²) in [6.45, 7) is 2.82. The van der Waals surface area contributed by atoms with Crippen LogP contribution in [-0.4, -0.2) is 41.4 Å². The zero-order valence-electron chi connectivity index (χ0n) is 15.9. The van der Waals surface area contributed by atoms with Crippen LogP contribution in [0.15, 0.2) is 36.7 Å². The van der Waals surface area contributed by atoms with Crippen LogP contribution in [0.25, 0.3) is 22.2 Å². The Morgan fingerprint density at radius 3 is 2.43 bits per heavy atom. The second-order valence-electron chi connectivity index (χ2n) is 5.33. The van der Waals surface area contributed by atoms with E-state index in [1.54, 1.807) is 38.5 Å². The highest BCUT2D eigenvalue weighted by molar-refractivity contribution is 6.35. The Bertz CT molecular complexity index is 911. The third-order valence-electron chi connectivity index (χ3n) is 3.19. The van der Waals surface area contributed by atoms with Gasteiger partial charge in [-0.25, -0.2) is 4.98 Å². The van der Waals surface area contributed by atoms with Crippen LogP contribution in [0, 0.1) is 0 Å². The molecule has 3 aromatic rings. The van der Waals surface area contributed by atoms with Gasteiger partial charge in [-0.15, -0.1) is 0 Å². The molecule has 3 rings (SSSR count). The van der Waals surface area contributed by atoms with Crippen molar-refractivity contribution < 1.29 is 22.7 Å². The molecule has 0 spiro atoms. The fourth-order valence-electron chi connectivity index (χ4n) is 2.19. The summed E-state index contributed by atoms with van der Waals surface area (Å²) < 4.78 is 42.2. The van der Waals surface area contributed by atoms with Crippen LogP contribution >= 0.6 is 11.6 Å². The Morgan fingerprint density at radius 2 is 1.86 bits per heavy atom. The smallest absolute Gasteiger partial charge is 0.388 e. The molecule has 5 nitrogen and oxygen atoms in total. The third kappa shape index (κ3) is 6.61. The number of benzene rings is 1. The monoisotopic (exact) mass is 415 g/mol. The number of fused-ring (bicyclic) bond motifs is 1. The van der Waals surface area contributed by atoms with Gasteiger partial charge >= 0.3 is 6.18 Å². The molecule has 9 heteroatoms. The lowest BCUT2D eigenvalue weighted by atomic mass is 10.1. The molecule has 2 aromatic heterocycles. The number of aldehydes is 1. The number of nitrogens with zero attached hydrogens (tertiary/aromatic N) is 3. The number of hydrogen-bond acceptors (Lipinski definition) is 4. The van der Waals surface area contributed by atoms with Crippen molar-refractivity contribution in [3.8, 4) is 11.3 Å². The van der Waals surface area contributed by atoms with Gasteiger partial charge in [0.25, 0.3) is 0 Å². The summed E-state index contributed by atoms with van der Waals surface area (Å²) in [5, 5.41) is 4.73. The van der Waals surface area contributed by atoms with Gasteiger partial charge in [0.1, 0.15) is 12.8 Å². The Labute approximate surface area is 166 Å². The molecule has 0 amide bonds. The first-order chi connectivity index (χ1) is 13.3. The van der Waals surface area contributed by atoms with Crippen molar-refractivity contribution in [3.63, 3.8) is 0 Å². The summed E-state index contributed by atoms with van der Waals surface area (Å²) in [6, 6.07) is 6.41.